The summed E-state index contributed by atoms with van der Waals surface area (Å²) in [4.78, 5) is 37.5. The van der Waals surface area contributed by atoms with Crippen LogP contribution in [0.1, 0.15) is 95.7 Å². The number of carbonyl (C=O) groups excluding carboxylic acids is 1. The maximum atomic E-state index is 11.8. The van der Waals surface area contributed by atoms with Gasteiger partial charge >= 0.3 is 62.8 Å². The van der Waals surface area contributed by atoms with Crippen LogP contribution in [0.4, 0.5) is 0 Å². The van der Waals surface area contributed by atoms with Crippen LogP contribution < -0.4 is 67.9 Å². The van der Waals surface area contributed by atoms with Crippen molar-refractivity contribution in [3.05, 3.63) is 38.9 Å². The summed E-state index contributed by atoms with van der Waals surface area (Å²) in [5.41, 5.74) is -1.07. The van der Waals surface area contributed by atoms with Crippen molar-refractivity contribution in [1.29, 1.82) is 0 Å². The van der Waals surface area contributed by atoms with Gasteiger partial charge in [0.2, 0.25) is 0 Å². The fraction of sp³-hybridized carbons (Fsp3) is 0.714. The van der Waals surface area contributed by atoms with E-state index in [-0.39, 0.29) is 57.8 Å². The molecule has 0 aliphatic carbocycles. The number of aryl methyl sites for hydroxylation is 1. The molecule has 31 heavy (non-hydrogen) atoms. The number of hydrogen-bond donors (Lipinski definition) is 0. The number of aliphatic carboxylic acids is 1. The van der Waals surface area contributed by atoms with E-state index in [4.69, 9.17) is 0 Å². The van der Waals surface area contributed by atoms with Gasteiger partial charge in [0.25, 0.3) is 0 Å². The maximum absolute atomic E-state index is 11.8. The smallest absolute Gasteiger partial charge is 0.550 e. The molecular formula is C21H32Br2KN3O4. The number of hydrogen-bond acceptors (Lipinski definition) is 5. The molecule has 0 unspecified atom stereocenters. The summed E-state index contributed by atoms with van der Waals surface area (Å²) < 4.78 is 2.02. The van der Waals surface area contributed by atoms with Crippen molar-refractivity contribution in [2.24, 2.45) is 0 Å². The van der Waals surface area contributed by atoms with Crippen molar-refractivity contribution < 1.29 is 61.3 Å². The van der Waals surface area contributed by atoms with E-state index in [9.17, 15) is 19.5 Å². The fourth-order valence-corrected chi connectivity index (χ4v) is 4.04. The average Bonchev–Trinajstić information content (AvgIpc) is 2.72. The molecule has 0 atom stereocenters. The number of unbranched alkanes of at least 4 members (excludes halogenated alkanes) is 11. The summed E-state index contributed by atoms with van der Waals surface area (Å²) in [6, 6.07) is 0. The van der Waals surface area contributed by atoms with Gasteiger partial charge in [-0.05, 0) is 44.9 Å². The molecule has 0 spiro atoms. The molecule has 0 saturated carbocycles. The minimum atomic E-state index is -0.944. The van der Waals surface area contributed by atoms with Crippen LogP contribution in [0.5, 0.6) is 0 Å². The minimum absolute atomic E-state index is 0. The molecule has 1 heterocycles. The predicted molar refractivity (Wildman–Crippen MR) is 124 cm³/mol. The summed E-state index contributed by atoms with van der Waals surface area (Å²) in [5.74, 6) is -0.483. The van der Waals surface area contributed by atoms with E-state index in [0.29, 0.717) is 12.2 Å². The van der Waals surface area contributed by atoms with E-state index in [1.165, 1.54) is 29.3 Å². The topological polar surface area (TPSA) is 97.0 Å². The first-order valence-corrected chi connectivity index (χ1v) is 12.3. The predicted octanol–water partition coefficient (Wildman–Crippen LogP) is 1.04. The van der Waals surface area contributed by atoms with Gasteiger partial charge in [0.05, 0.1) is 32.3 Å². The molecular weight excluding hydrogens is 557 g/mol. The second-order valence-electron chi connectivity index (χ2n) is 7.46. The molecule has 7 nitrogen and oxygen atoms in total. The Bertz CT molecular complexity index is 781. The Hall–Kier alpha value is 0.416. The molecule has 0 N–H and O–H groups in total. The Morgan fingerprint density at radius 2 is 1.29 bits per heavy atom. The van der Waals surface area contributed by atoms with E-state index in [2.05, 4.69) is 49.4 Å². The van der Waals surface area contributed by atoms with Crippen molar-refractivity contribution in [3.8, 4) is 0 Å². The van der Waals surface area contributed by atoms with Gasteiger partial charge in [0, 0.05) is 12.4 Å². The average molecular weight is 589 g/mol. The molecule has 0 amide bonds. The minimum Gasteiger partial charge on any atom is -0.550 e. The van der Waals surface area contributed by atoms with Gasteiger partial charge < -0.3 is 9.90 Å². The molecule has 0 aliphatic rings. The van der Waals surface area contributed by atoms with Gasteiger partial charge in [-0.25, -0.2) is 13.2 Å². The summed E-state index contributed by atoms with van der Waals surface area (Å²) in [5, 5.41) is 10.3. The Kier molecular flexibility index (Phi) is 20.1. The van der Waals surface area contributed by atoms with E-state index in [1.54, 1.807) is 0 Å². The molecule has 0 saturated heterocycles. The van der Waals surface area contributed by atoms with E-state index in [1.807, 2.05) is 0 Å². The summed E-state index contributed by atoms with van der Waals surface area (Å²) in [6.07, 6.45) is 19.4. The third kappa shape index (κ3) is 15.0. The van der Waals surface area contributed by atoms with Gasteiger partial charge in [0.1, 0.15) is 5.82 Å². The van der Waals surface area contributed by atoms with Gasteiger partial charge in [-0.3, -0.25) is 0 Å². The Labute approximate surface area is 244 Å². The van der Waals surface area contributed by atoms with Crippen molar-refractivity contribution in [2.45, 2.75) is 96.3 Å². The molecule has 0 aliphatic heterocycles. The molecule has 10 heteroatoms. The first kappa shape index (κ1) is 31.4. The number of carbonyl (C=O) groups is 1. The van der Waals surface area contributed by atoms with Gasteiger partial charge in [0.15, 0.2) is 0 Å². The Morgan fingerprint density at radius 3 is 1.84 bits per heavy atom. The molecule has 1 aromatic heterocycles. The number of carboxylic acids is 1. The van der Waals surface area contributed by atoms with Gasteiger partial charge in [-0.1, -0.05) is 57.1 Å². The third-order valence-corrected chi connectivity index (χ3v) is 6.21. The second kappa shape index (κ2) is 19.8. The number of allylic oxidation sites excluding steroid dienone is 2. The van der Waals surface area contributed by atoms with Crippen molar-refractivity contribution in [1.82, 2.24) is 12.2 Å². The van der Waals surface area contributed by atoms with Crippen LogP contribution in [0.25, 0.3) is 0 Å². The summed E-state index contributed by atoms with van der Waals surface area (Å²) in [7, 11) is 0. The third-order valence-electron chi connectivity index (χ3n) is 4.89. The molecule has 0 aromatic carbocycles. The number of carboxylic acid groups (broad SMARTS) is 1. The normalized spacial score (nSPS) is 11.0. The molecule has 0 fully saturated rings. The standard InChI is InChI=1S/C21H33Br2N3O4.K/c22-25-18(24-20(29)26(23)21(25)30)16-14-12-10-8-6-4-2-1-3-5-7-9-11-13-15-17-19(27)28;/h1,3H,2,4-17H2,(H,27,28);/q;+1/p-1. The zero-order valence-corrected chi connectivity index (χ0v) is 24.8. The number of rotatable bonds is 17. The SMILES string of the molecule is O=C([O-])CCCCCCCC=CCCCCCCCCc1nc(=O)n(Br)c(=O)n1Br.[K+]. The Morgan fingerprint density at radius 1 is 0.806 bits per heavy atom. The van der Waals surface area contributed by atoms with Crippen LogP contribution >= 0.6 is 32.3 Å². The van der Waals surface area contributed by atoms with Crippen LogP contribution in [0, 0.1) is 0 Å². The first-order valence-electron chi connectivity index (χ1n) is 10.9. The van der Waals surface area contributed by atoms with E-state index in [0.717, 1.165) is 61.4 Å². The number of nitrogens with zero attached hydrogens (tertiary/aromatic N) is 3. The van der Waals surface area contributed by atoms with Crippen molar-refractivity contribution in [3.63, 3.8) is 0 Å². The van der Waals surface area contributed by atoms with Gasteiger partial charge in [-0.2, -0.15) is 8.58 Å². The number of aromatic nitrogens is 3. The monoisotopic (exact) mass is 587 g/mol. The molecule has 0 bridgehead atoms. The van der Waals surface area contributed by atoms with E-state index < -0.39 is 17.3 Å². The first-order chi connectivity index (χ1) is 14.4. The summed E-state index contributed by atoms with van der Waals surface area (Å²) in [6.45, 7) is 0. The van der Waals surface area contributed by atoms with Crippen LogP contribution in [0.2, 0.25) is 0 Å². The van der Waals surface area contributed by atoms with Crippen LogP contribution in [0.15, 0.2) is 21.7 Å². The quantitative estimate of drug-likeness (QED) is 0.154. The Balaban J connectivity index is 0.00000900. The van der Waals surface area contributed by atoms with Crippen molar-refractivity contribution in [2.75, 3.05) is 0 Å². The fourth-order valence-electron chi connectivity index (χ4n) is 3.17. The van der Waals surface area contributed by atoms with Crippen LogP contribution in [0.3, 0.4) is 0 Å². The maximum Gasteiger partial charge on any atom is 1.00 e. The van der Waals surface area contributed by atoms with E-state index >= 15 is 0 Å². The molecule has 1 aromatic rings. The van der Waals surface area contributed by atoms with Gasteiger partial charge in [-0.15, -0.1) is 0 Å². The molecule has 1 rings (SSSR count). The van der Waals surface area contributed by atoms with Crippen molar-refractivity contribution >= 4 is 38.3 Å². The van der Waals surface area contributed by atoms with Crippen LogP contribution in [-0.4, -0.2) is 18.1 Å². The zero-order chi connectivity index (χ0) is 22.2. The molecule has 0 radical (unpaired) electrons. The summed E-state index contributed by atoms with van der Waals surface area (Å²) >= 11 is 6.02. The number of halogens is 2. The second-order valence-corrected chi connectivity index (χ2v) is 8.88. The molecule has 170 valence electrons. The largest absolute Gasteiger partial charge is 1.00 e. The van der Waals surface area contributed by atoms with Crippen LogP contribution in [-0.2, 0) is 11.2 Å². The zero-order valence-electron chi connectivity index (χ0n) is 18.5.